The van der Waals surface area contributed by atoms with Crippen molar-refractivity contribution in [1.82, 2.24) is 0 Å². The average Bonchev–Trinajstić information content (AvgIpc) is 2.90. The highest BCUT2D eigenvalue weighted by molar-refractivity contribution is 6.32. The second-order valence-electron chi connectivity index (χ2n) is 7.55. The van der Waals surface area contributed by atoms with Crippen LogP contribution in [-0.2, 0) is 14.3 Å². The van der Waals surface area contributed by atoms with Gasteiger partial charge in [0.25, 0.3) is 0 Å². The number of fused-ring (bicyclic) bond motifs is 2. The lowest BCUT2D eigenvalue weighted by Crippen LogP contribution is -2.43. The number of carbonyl (C=O) groups excluding carboxylic acids is 2. The predicted octanol–water partition coefficient (Wildman–Crippen LogP) is 4.44. The van der Waals surface area contributed by atoms with Gasteiger partial charge >= 0.3 is 5.97 Å². The van der Waals surface area contributed by atoms with Gasteiger partial charge in [0.2, 0.25) is 0 Å². The fourth-order valence-corrected chi connectivity index (χ4v) is 4.55. The normalized spacial score (nSPS) is 24.9. The monoisotopic (exact) mass is 426 g/mol. The summed E-state index contributed by atoms with van der Waals surface area (Å²) in [5.41, 5.74) is 3.32. The molecule has 30 heavy (non-hydrogen) atoms. The van der Waals surface area contributed by atoms with Crippen molar-refractivity contribution in [2.75, 3.05) is 24.9 Å². The summed E-state index contributed by atoms with van der Waals surface area (Å²) >= 11 is 6.38. The van der Waals surface area contributed by atoms with E-state index in [2.05, 4.69) is 10.6 Å². The zero-order valence-corrected chi connectivity index (χ0v) is 17.7. The molecule has 0 unspecified atom stereocenters. The van der Waals surface area contributed by atoms with Gasteiger partial charge in [-0.05, 0) is 35.7 Å². The summed E-state index contributed by atoms with van der Waals surface area (Å²) in [6.07, 6.45) is 1.95. The Labute approximate surface area is 180 Å². The number of esters is 1. The third-order valence-electron chi connectivity index (χ3n) is 5.76. The molecule has 0 radical (unpaired) electrons. The number of methoxy groups -OCH3 is 2. The van der Waals surface area contributed by atoms with Crippen LogP contribution in [0, 0.1) is 17.8 Å². The third kappa shape index (κ3) is 3.41. The maximum absolute atomic E-state index is 13.6. The summed E-state index contributed by atoms with van der Waals surface area (Å²) in [7, 11) is 2.86. The van der Waals surface area contributed by atoms with Crippen molar-refractivity contribution < 1.29 is 19.1 Å². The van der Waals surface area contributed by atoms with Gasteiger partial charge in [-0.25, -0.2) is 0 Å². The van der Waals surface area contributed by atoms with Gasteiger partial charge in [0, 0.05) is 5.70 Å². The van der Waals surface area contributed by atoms with Crippen molar-refractivity contribution in [3.05, 3.63) is 64.8 Å². The smallest absolute Gasteiger partial charge is 0.316 e. The standard InChI is InChI=1S/C23H23ClN2O4/c1-12-10-17-20(22(27)19(12)23(28)30-3)21(13-8-9-18(29-2)14(24)11-13)26-16-7-5-4-6-15(16)25-17/h4-12,19-21,25-26H,1-3H3/t12-,19-,20+,21-/m0/s1. The molecular weight excluding hydrogens is 404 g/mol. The van der Waals surface area contributed by atoms with Crippen molar-refractivity contribution in [3.8, 4) is 5.75 Å². The molecule has 4 atom stereocenters. The number of allylic oxidation sites excluding steroid dienone is 1. The fourth-order valence-electron chi connectivity index (χ4n) is 4.29. The summed E-state index contributed by atoms with van der Waals surface area (Å²) in [4.78, 5) is 26.0. The highest BCUT2D eigenvalue weighted by Gasteiger charge is 2.47. The van der Waals surface area contributed by atoms with Crippen molar-refractivity contribution in [2.24, 2.45) is 17.8 Å². The van der Waals surface area contributed by atoms with E-state index in [1.807, 2.05) is 43.3 Å². The molecule has 0 aromatic heterocycles. The Kier molecular flexibility index (Phi) is 5.43. The number of nitrogens with one attached hydrogen (secondary N) is 2. The topological polar surface area (TPSA) is 76.7 Å². The number of para-hydroxylation sites is 2. The summed E-state index contributed by atoms with van der Waals surface area (Å²) in [5.74, 6) is -1.90. The number of carbonyl (C=O) groups is 2. The number of rotatable bonds is 3. The molecule has 0 amide bonds. The van der Waals surface area contributed by atoms with E-state index in [1.165, 1.54) is 7.11 Å². The highest BCUT2D eigenvalue weighted by atomic mass is 35.5. The number of ether oxygens (including phenoxy) is 2. The van der Waals surface area contributed by atoms with Gasteiger partial charge < -0.3 is 20.1 Å². The van der Waals surface area contributed by atoms with Crippen LogP contribution in [0.15, 0.2) is 54.2 Å². The van der Waals surface area contributed by atoms with Crippen molar-refractivity contribution in [3.63, 3.8) is 0 Å². The van der Waals surface area contributed by atoms with E-state index < -0.39 is 23.8 Å². The Morgan fingerprint density at radius 1 is 1.10 bits per heavy atom. The lowest BCUT2D eigenvalue weighted by Gasteiger charge is -2.35. The molecule has 0 saturated carbocycles. The minimum atomic E-state index is -0.857. The minimum absolute atomic E-state index is 0.184. The number of ketones is 1. The lowest BCUT2D eigenvalue weighted by atomic mass is 9.72. The van der Waals surface area contributed by atoms with Gasteiger partial charge in [0.05, 0.1) is 42.6 Å². The first-order valence-corrected chi connectivity index (χ1v) is 10.1. The Bertz CT molecular complexity index is 1040. The van der Waals surface area contributed by atoms with Gasteiger partial charge in [-0.3, -0.25) is 9.59 Å². The van der Waals surface area contributed by atoms with E-state index in [0.717, 1.165) is 22.6 Å². The molecule has 156 valence electrons. The SMILES string of the molecule is COC(=O)[C@@H]1C(=O)[C@@H]2C(=C[C@@H]1C)Nc1ccccc1N[C@H]2c1ccc(OC)c(Cl)c1. The van der Waals surface area contributed by atoms with Crippen molar-refractivity contribution in [2.45, 2.75) is 13.0 Å². The van der Waals surface area contributed by atoms with Crippen LogP contribution in [0.5, 0.6) is 5.75 Å². The van der Waals surface area contributed by atoms with Gasteiger partial charge in [-0.1, -0.05) is 42.8 Å². The summed E-state index contributed by atoms with van der Waals surface area (Å²) in [6.45, 7) is 1.86. The highest BCUT2D eigenvalue weighted by Crippen LogP contribution is 2.45. The number of hydrogen-bond acceptors (Lipinski definition) is 6. The fraction of sp³-hybridized carbons (Fsp3) is 0.304. The predicted molar refractivity (Wildman–Crippen MR) is 116 cm³/mol. The summed E-state index contributed by atoms with van der Waals surface area (Å²) < 4.78 is 10.2. The Hall–Kier alpha value is -2.99. The Balaban J connectivity index is 1.86. The first-order valence-electron chi connectivity index (χ1n) is 9.74. The number of Topliss-reactive ketones (excluding diaryl/α,β-unsaturated/α-hetero) is 1. The Morgan fingerprint density at radius 3 is 2.50 bits per heavy atom. The van der Waals surface area contributed by atoms with Crippen LogP contribution >= 0.6 is 11.6 Å². The van der Waals surface area contributed by atoms with Gasteiger partial charge in [-0.2, -0.15) is 0 Å². The van der Waals surface area contributed by atoms with E-state index in [9.17, 15) is 9.59 Å². The minimum Gasteiger partial charge on any atom is -0.495 e. The van der Waals surface area contributed by atoms with Crippen LogP contribution in [0.4, 0.5) is 11.4 Å². The van der Waals surface area contributed by atoms with Gasteiger partial charge in [0.15, 0.2) is 5.78 Å². The molecule has 1 aliphatic carbocycles. The van der Waals surface area contributed by atoms with Crippen LogP contribution in [0.1, 0.15) is 18.5 Å². The number of benzene rings is 2. The second-order valence-corrected chi connectivity index (χ2v) is 7.96. The summed E-state index contributed by atoms with van der Waals surface area (Å²) in [5, 5.41) is 7.34. The third-order valence-corrected chi connectivity index (χ3v) is 6.05. The van der Waals surface area contributed by atoms with E-state index >= 15 is 0 Å². The zero-order valence-electron chi connectivity index (χ0n) is 16.9. The van der Waals surface area contributed by atoms with Crippen LogP contribution in [0.3, 0.4) is 0 Å². The lowest BCUT2D eigenvalue weighted by molar-refractivity contribution is -0.152. The molecular formula is C23H23ClN2O4. The first kappa shape index (κ1) is 20.3. The molecule has 2 aromatic rings. The maximum Gasteiger partial charge on any atom is 0.316 e. The van der Waals surface area contributed by atoms with Crippen LogP contribution < -0.4 is 15.4 Å². The number of halogens is 1. The molecule has 4 rings (SSSR count). The molecule has 0 fully saturated rings. The van der Waals surface area contributed by atoms with Crippen LogP contribution in [-0.4, -0.2) is 26.0 Å². The second kappa shape index (κ2) is 8.03. The van der Waals surface area contributed by atoms with E-state index in [1.54, 1.807) is 19.2 Å². The molecule has 0 spiro atoms. The average molecular weight is 427 g/mol. The zero-order chi connectivity index (χ0) is 21.4. The molecule has 1 aliphatic heterocycles. The molecule has 0 bridgehead atoms. The van der Waals surface area contributed by atoms with Crippen LogP contribution in [0.2, 0.25) is 5.02 Å². The molecule has 0 saturated heterocycles. The number of anilines is 2. The first-order chi connectivity index (χ1) is 14.4. The maximum atomic E-state index is 13.6. The van der Waals surface area contributed by atoms with E-state index in [4.69, 9.17) is 21.1 Å². The van der Waals surface area contributed by atoms with Gasteiger partial charge in [-0.15, -0.1) is 0 Å². The van der Waals surface area contributed by atoms with Gasteiger partial charge in [0.1, 0.15) is 11.7 Å². The van der Waals surface area contributed by atoms with Crippen LogP contribution in [0.25, 0.3) is 0 Å². The molecule has 1 heterocycles. The molecule has 7 heteroatoms. The molecule has 2 aliphatic rings. The van der Waals surface area contributed by atoms with Crippen molar-refractivity contribution >= 4 is 34.7 Å². The Morgan fingerprint density at radius 2 is 1.83 bits per heavy atom. The molecule has 6 nitrogen and oxygen atoms in total. The largest absolute Gasteiger partial charge is 0.495 e. The summed E-state index contributed by atoms with van der Waals surface area (Å²) in [6, 6.07) is 12.8. The number of hydrogen-bond donors (Lipinski definition) is 2. The quantitative estimate of drug-likeness (QED) is 0.558. The molecule has 2 aromatic carbocycles. The van der Waals surface area contributed by atoms with Crippen molar-refractivity contribution in [1.29, 1.82) is 0 Å². The molecule has 2 N–H and O–H groups in total. The van der Waals surface area contributed by atoms with E-state index in [-0.39, 0.29) is 11.7 Å². The van der Waals surface area contributed by atoms with E-state index in [0.29, 0.717) is 10.8 Å².